The Morgan fingerprint density at radius 2 is 1.60 bits per heavy atom. The van der Waals surface area contributed by atoms with Crippen LogP contribution >= 0.6 is 0 Å². The molecule has 0 spiro atoms. The number of nitrogens with one attached hydrogen (secondary N) is 2. The number of aromatic nitrogens is 2. The third-order valence-electron chi connectivity index (χ3n) is 3.62. The van der Waals surface area contributed by atoms with Crippen molar-refractivity contribution in [3.8, 4) is 5.69 Å². The molecule has 0 aliphatic heterocycles. The summed E-state index contributed by atoms with van der Waals surface area (Å²) in [6.45, 7) is 2.32. The molecule has 1 aromatic heterocycles. The zero-order valence-electron chi connectivity index (χ0n) is 13.8. The number of amides is 2. The molecular weight excluding hydrogens is 316 g/mol. The Labute approximate surface area is 145 Å². The summed E-state index contributed by atoms with van der Waals surface area (Å²) in [6.07, 6.45) is 1.46. The molecule has 2 N–H and O–H groups in total. The molecule has 0 saturated heterocycles. The number of anilines is 1. The molecule has 0 aliphatic carbocycles. The van der Waals surface area contributed by atoms with E-state index in [2.05, 4.69) is 15.7 Å². The van der Waals surface area contributed by atoms with Crippen LogP contribution in [0.2, 0.25) is 0 Å². The van der Waals surface area contributed by atoms with Gasteiger partial charge in [-0.05, 0) is 31.2 Å². The standard InChI is InChI=1S/C19H18N4O2/c1-2-20-19(25)16-13-21-23(15-11-7-4-8-12-15)17(16)22-18(24)14-9-5-3-6-10-14/h3-13H,2H2,1H3,(H,20,25)(H,22,24). The second kappa shape index (κ2) is 7.44. The van der Waals surface area contributed by atoms with E-state index in [-0.39, 0.29) is 11.8 Å². The van der Waals surface area contributed by atoms with E-state index in [0.29, 0.717) is 23.5 Å². The molecule has 0 bridgehead atoms. The van der Waals surface area contributed by atoms with Gasteiger partial charge in [0.2, 0.25) is 0 Å². The lowest BCUT2D eigenvalue weighted by atomic mass is 10.2. The molecule has 0 radical (unpaired) electrons. The summed E-state index contributed by atoms with van der Waals surface area (Å²) >= 11 is 0. The zero-order chi connectivity index (χ0) is 17.6. The highest BCUT2D eigenvalue weighted by Gasteiger charge is 2.20. The Bertz CT molecular complexity index is 873. The maximum Gasteiger partial charge on any atom is 0.256 e. The summed E-state index contributed by atoms with van der Waals surface area (Å²) in [6, 6.07) is 18.2. The Morgan fingerprint density at radius 3 is 2.24 bits per heavy atom. The Hall–Kier alpha value is -3.41. The number of rotatable bonds is 5. The van der Waals surface area contributed by atoms with Crippen LogP contribution in [0.15, 0.2) is 66.9 Å². The van der Waals surface area contributed by atoms with Gasteiger partial charge in [0.05, 0.1) is 11.9 Å². The first-order valence-electron chi connectivity index (χ1n) is 7.98. The van der Waals surface area contributed by atoms with Gasteiger partial charge in [-0.3, -0.25) is 9.59 Å². The van der Waals surface area contributed by atoms with Crippen LogP contribution in [-0.2, 0) is 0 Å². The number of para-hydroxylation sites is 1. The van der Waals surface area contributed by atoms with Gasteiger partial charge in [-0.2, -0.15) is 5.10 Å². The van der Waals surface area contributed by atoms with Crippen molar-refractivity contribution in [3.05, 3.63) is 78.0 Å². The third kappa shape index (κ3) is 3.58. The summed E-state index contributed by atoms with van der Waals surface area (Å²) < 4.78 is 1.55. The van der Waals surface area contributed by atoms with Gasteiger partial charge < -0.3 is 10.6 Å². The van der Waals surface area contributed by atoms with Crippen molar-refractivity contribution in [2.45, 2.75) is 6.92 Å². The van der Waals surface area contributed by atoms with E-state index in [1.807, 2.05) is 43.3 Å². The van der Waals surface area contributed by atoms with Gasteiger partial charge in [-0.25, -0.2) is 4.68 Å². The quantitative estimate of drug-likeness (QED) is 0.753. The minimum atomic E-state index is -0.302. The number of carbonyl (C=O) groups is 2. The van der Waals surface area contributed by atoms with Crippen molar-refractivity contribution >= 4 is 17.6 Å². The lowest BCUT2D eigenvalue weighted by Gasteiger charge is -2.11. The molecule has 0 saturated carbocycles. The SMILES string of the molecule is CCNC(=O)c1cnn(-c2ccccc2)c1NC(=O)c1ccccc1. The number of benzene rings is 2. The number of hydrogen-bond donors (Lipinski definition) is 2. The van der Waals surface area contributed by atoms with Crippen LogP contribution in [0.4, 0.5) is 5.82 Å². The first-order valence-corrected chi connectivity index (χ1v) is 7.98. The second-order valence-corrected chi connectivity index (χ2v) is 5.33. The van der Waals surface area contributed by atoms with E-state index in [0.717, 1.165) is 5.69 Å². The minimum Gasteiger partial charge on any atom is -0.352 e. The summed E-state index contributed by atoms with van der Waals surface area (Å²) in [5.41, 5.74) is 1.57. The predicted molar refractivity (Wildman–Crippen MR) is 96.0 cm³/mol. The van der Waals surface area contributed by atoms with Crippen molar-refractivity contribution in [1.29, 1.82) is 0 Å². The van der Waals surface area contributed by atoms with Gasteiger partial charge >= 0.3 is 0 Å². The normalized spacial score (nSPS) is 10.3. The highest BCUT2D eigenvalue weighted by molar-refractivity contribution is 6.08. The molecular formula is C19H18N4O2. The lowest BCUT2D eigenvalue weighted by molar-refractivity contribution is 0.0956. The molecule has 0 atom stereocenters. The maximum absolute atomic E-state index is 12.5. The Morgan fingerprint density at radius 1 is 0.960 bits per heavy atom. The van der Waals surface area contributed by atoms with Crippen molar-refractivity contribution < 1.29 is 9.59 Å². The third-order valence-corrected chi connectivity index (χ3v) is 3.62. The second-order valence-electron chi connectivity index (χ2n) is 5.33. The molecule has 25 heavy (non-hydrogen) atoms. The van der Waals surface area contributed by atoms with Gasteiger partial charge in [-0.1, -0.05) is 36.4 Å². The van der Waals surface area contributed by atoms with Crippen LogP contribution in [-0.4, -0.2) is 28.1 Å². The highest BCUT2D eigenvalue weighted by Crippen LogP contribution is 2.21. The summed E-state index contributed by atoms with van der Waals surface area (Å²) in [7, 11) is 0. The number of nitrogens with zero attached hydrogens (tertiary/aromatic N) is 2. The molecule has 6 heteroatoms. The average Bonchev–Trinajstić information content (AvgIpc) is 3.07. The molecule has 2 amide bonds. The fourth-order valence-electron chi connectivity index (χ4n) is 2.42. The monoisotopic (exact) mass is 334 g/mol. The fourth-order valence-corrected chi connectivity index (χ4v) is 2.42. The minimum absolute atomic E-state index is 0.284. The molecule has 3 aromatic rings. The van der Waals surface area contributed by atoms with Crippen molar-refractivity contribution in [1.82, 2.24) is 15.1 Å². The molecule has 6 nitrogen and oxygen atoms in total. The molecule has 0 fully saturated rings. The van der Waals surface area contributed by atoms with Crippen LogP contribution in [0.1, 0.15) is 27.6 Å². The van der Waals surface area contributed by atoms with E-state index in [4.69, 9.17) is 0 Å². The van der Waals surface area contributed by atoms with Crippen LogP contribution in [0.5, 0.6) is 0 Å². The largest absolute Gasteiger partial charge is 0.352 e. The van der Waals surface area contributed by atoms with Crippen LogP contribution in [0.25, 0.3) is 5.69 Å². The van der Waals surface area contributed by atoms with Crippen LogP contribution < -0.4 is 10.6 Å². The maximum atomic E-state index is 12.5. The van der Waals surface area contributed by atoms with Crippen molar-refractivity contribution in [2.75, 3.05) is 11.9 Å². The number of hydrogen-bond acceptors (Lipinski definition) is 3. The van der Waals surface area contributed by atoms with E-state index >= 15 is 0 Å². The highest BCUT2D eigenvalue weighted by atomic mass is 16.2. The smallest absolute Gasteiger partial charge is 0.256 e. The first kappa shape index (κ1) is 16.4. The molecule has 3 rings (SSSR count). The first-order chi connectivity index (χ1) is 12.2. The lowest BCUT2D eigenvalue weighted by Crippen LogP contribution is -2.25. The van der Waals surface area contributed by atoms with Crippen LogP contribution in [0, 0.1) is 0 Å². The van der Waals surface area contributed by atoms with Gasteiger partial charge in [0, 0.05) is 12.1 Å². The van der Waals surface area contributed by atoms with E-state index in [1.54, 1.807) is 28.9 Å². The van der Waals surface area contributed by atoms with Gasteiger partial charge in [-0.15, -0.1) is 0 Å². The molecule has 0 aliphatic rings. The summed E-state index contributed by atoms with van der Waals surface area (Å²) in [5.74, 6) is -0.247. The number of carbonyl (C=O) groups excluding carboxylic acids is 2. The van der Waals surface area contributed by atoms with Crippen molar-refractivity contribution in [2.24, 2.45) is 0 Å². The van der Waals surface area contributed by atoms with Crippen molar-refractivity contribution in [3.63, 3.8) is 0 Å². The van der Waals surface area contributed by atoms with Crippen LogP contribution in [0.3, 0.4) is 0 Å². The molecule has 2 aromatic carbocycles. The van der Waals surface area contributed by atoms with E-state index in [9.17, 15) is 9.59 Å². The Kier molecular flexibility index (Phi) is 4.89. The van der Waals surface area contributed by atoms with Gasteiger partial charge in [0.15, 0.2) is 0 Å². The van der Waals surface area contributed by atoms with E-state index in [1.165, 1.54) is 6.20 Å². The molecule has 126 valence electrons. The Balaban J connectivity index is 2.01. The fraction of sp³-hybridized carbons (Fsp3) is 0.105. The molecule has 0 unspecified atom stereocenters. The predicted octanol–water partition coefficient (Wildman–Crippen LogP) is 2.87. The van der Waals surface area contributed by atoms with Gasteiger partial charge in [0.25, 0.3) is 11.8 Å². The molecule has 1 heterocycles. The average molecular weight is 334 g/mol. The zero-order valence-corrected chi connectivity index (χ0v) is 13.8. The van der Waals surface area contributed by atoms with E-state index < -0.39 is 0 Å². The summed E-state index contributed by atoms with van der Waals surface area (Å²) in [4.78, 5) is 24.9. The topological polar surface area (TPSA) is 76.0 Å². The summed E-state index contributed by atoms with van der Waals surface area (Å²) in [5, 5.41) is 9.83. The van der Waals surface area contributed by atoms with Gasteiger partial charge in [0.1, 0.15) is 11.4 Å².